The zero-order valence-corrected chi connectivity index (χ0v) is 15.2. The van der Waals surface area contributed by atoms with Crippen molar-refractivity contribution >= 4 is 29.6 Å². The van der Waals surface area contributed by atoms with E-state index in [4.69, 9.17) is 0 Å². The smallest absolute Gasteiger partial charge is 0.324 e. The van der Waals surface area contributed by atoms with E-state index in [-0.39, 0.29) is 30.4 Å². The van der Waals surface area contributed by atoms with Crippen molar-refractivity contribution in [1.82, 2.24) is 15.1 Å². The van der Waals surface area contributed by atoms with Crippen LogP contribution < -0.4 is 5.32 Å². The van der Waals surface area contributed by atoms with Crippen LogP contribution in [0, 0.1) is 0 Å². The van der Waals surface area contributed by atoms with Gasteiger partial charge in [0.1, 0.15) is 0 Å². The zero-order valence-electron chi connectivity index (χ0n) is 14.4. The van der Waals surface area contributed by atoms with Gasteiger partial charge in [-0.2, -0.15) is 0 Å². The van der Waals surface area contributed by atoms with Gasteiger partial charge in [-0.3, -0.25) is 14.5 Å². The van der Waals surface area contributed by atoms with E-state index in [0.29, 0.717) is 32.4 Å². The Hall–Kier alpha value is -2.02. The number of benzene rings is 1. The lowest BCUT2D eigenvalue weighted by atomic mass is 10.0. The van der Waals surface area contributed by atoms with Gasteiger partial charge in [0.05, 0.1) is 6.54 Å². The molecule has 2 aliphatic rings. The molecule has 2 heterocycles. The fourth-order valence-corrected chi connectivity index (χ4v) is 3.79. The number of nitrogens with zero attached hydrogens (tertiary/aromatic N) is 2. The van der Waals surface area contributed by atoms with Crippen LogP contribution in [0.5, 0.6) is 0 Å². The molecule has 0 bridgehead atoms. The Morgan fingerprint density at radius 1 is 1.20 bits per heavy atom. The predicted octanol–water partition coefficient (Wildman–Crippen LogP) is 1.88. The fraction of sp³-hybridized carbons (Fsp3) is 0.500. The monoisotopic (exact) mass is 361 g/mol. The number of imide groups is 1. The van der Waals surface area contributed by atoms with Crippen molar-refractivity contribution in [1.29, 1.82) is 0 Å². The van der Waals surface area contributed by atoms with Gasteiger partial charge < -0.3 is 10.2 Å². The number of thioether (sulfide) groups is 1. The molecule has 2 saturated heterocycles. The van der Waals surface area contributed by atoms with Crippen LogP contribution in [0.3, 0.4) is 0 Å². The van der Waals surface area contributed by atoms with Gasteiger partial charge >= 0.3 is 6.03 Å². The molecule has 3 rings (SSSR count). The lowest BCUT2D eigenvalue weighted by Crippen LogP contribution is -2.49. The Balaban J connectivity index is 1.46. The van der Waals surface area contributed by atoms with E-state index in [9.17, 15) is 14.4 Å². The molecule has 2 fully saturated rings. The predicted molar refractivity (Wildman–Crippen MR) is 96.4 cm³/mol. The number of hydrogen-bond donors (Lipinski definition) is 1. The van der Waals surface area contributed by atoms with E-state index in [2.05, 4.69) is 29.6 Å². The molecule has 0 atom stereocenters. The van der Waals surface area contributed by atoms with Gasteiger partial charge in [-0.25, -0.2) is 4.79 Å². The van der Waals surface area contributed by atoms with Crippen LogP contribution in [0.15, 0.2) is 29.2 Å². The maximum Gasteiger partial charge on any atom is 0.324 e. The summed E-state index contributed by atoms with van der Waals surface area (Å²) in [6.45, 7) is 1.30. The third kappa shape index (κ3) is 4.15. The molecule has 0 aliphatic carbocycles. The molecule has 0 aromatic heterocycles. The van der Waals surface area contributed by atoms with Crippen molar-refractivity contribution < 1.29 is 14.4 Å². The summed E-state index contributed by atoms with van der Waals surface area (Å²) < 4.78 is 0. The maximum absolute atomic E-state index is 12.4. The first-order valence-corrected chi connectivity index (χ1v) is 9.81. The Morgan fingerprint density at radius 2 is 1.88 bits per heavy atom. The molecule has 6 nitrogen and oxygen atoms in total. The Kier molecular flexibility index (Phi) is 5.63. The lowest BCUT2D eigenvalue weighted by Gasteiger charge is -2.35. The van der Waals surface area contributed by atoms with Gasteiger partial charge in [0, 0.05) is 30.4 Å². The first kappa shape index (κ1) is 17.8. The molecule has 0 saturated carbocycles. The van der Waals surface area contributed by atoms with Gasteiger partial charge in [-0.15, -0.1) is 11.8 Å². The van der Waals surface area contributed by atoms with Crippen LogP contribution in [-0.4, -0.2) is 59.6 Å². The second kappa shape index (κ2) is 7.91. The maximum atomic E-state index is 12.4. The quantitative estimate of drug-likeness (QED) is 0.642. The minimum absolute atomic E-state index is 0.0851. The number of piperidine rings is 1. The van der Waals surface area contributed by atoms with Crippen LogP contribution >= 0.6 is 11.8 Å². The number of nitrogens with one attached hydrogen (secondary N) is 1. The van der Waals surface area contributed by atoms with E-state index in [1.165, 1.54) is 15.4 Å². The molecule has 7 heteroatoms. The van der Waals surface area contributed by atoms with Gasteiger partial charge in [-0.05, 0) is 43.2 Å². The standard InChI is InChI=1S/C18H23N3O3S/c1-25-15-5-2-13(3-6-15)4-7-16(22)20-10-8-14(9-11-20)21-17(23)12-19-18(21)24/h2-3,5-6,14H,4,7-12H2,1H3,(H,19,24). The highest BCUT2D eigenvalue weighted by Crippen LogP contribution is 2.20. The van der Waals surface area contributed by atoms with Gasteiger partial charge in [0.25, 0.3) is 0 Å². The summed E-state index contributed by atoms with van der Waals surface area (Å²) in [5.74, 6) is -0.0203. The summed E-state index contributed by atoms with van der Waals surface area (Å²) in [5.41, 5.74) is 1.17. The summed E-state index contributed by atoms with van der Waals surface area (Å²) >= 11 is 1.70. The number of carbonyl (C=O) groups excluding carboxylic acids is 3. The molecule has 134 valence electrons. The van der Waals surface area contributed by atoms with E-state index >= 15 is 0 Å². The molecule has 0 unspecified atom stereocenters. The molecular weight excluding hydrogens is 338 g/mol. The molecule has 25 heavy (non-hydrogen) atoms. The highest BCUT2D eigenvalue weighted by atomic mass is 32.2. The van der Waals surface area contributed by atoms with Gasteiger partial charge in [-0.1, -0.05) is 12.1 Å². The SMILES string of the molecule is CSc1ccc(CCC(=O)N2CCC(N3C(=O)CNC3=O)CC2)cc1. The molecule has 4 amide bonds. The third-order valence-corrected chi connectivity index (χ3v) is 5.59. The van der Waals surface area contributed by atoms with Crippen molar-refractivity contribution in [3.8, 4) is 0 Å². The third-order valence-electron chi connectivity index (χ3n) is 4.85. The molecule has 0 spiro atoms. The summed E-state index contributed by atoms with van der Waals surface area (Å²) in [7, 11) is 0. The largest absolute Gasteiger partial charge is 0.343 e. The average Bonchev–Trinajstić information content (AvgIpc) is 2.98. The number of urea groups is 1. The van der Waals surface area contributed by atoms with Crippen LogP contribution in [-0.2, 0) is 16.0 Å². The van der Waals surface area contributed by atoms with Crippen molar-refractivity contribution in [2.24, 2.45) is 0 Å². The fourth-order valence-electron chi connectivity index (χ4n) is 3.38. The Labute approximate surface area is 151 Å². The minimum atomic E-state index is -0.302. The Bertz CT molecular complexity index is 638. The van der Waals surface area contributed by atoms with Gasteiger partial charge in [0.15, 0.2) is 0 Å². The second-order valence-electron chi connectivity index (χ2n) is 6.38. The normalized spacial score (nSPS) is 18.6. The van der Waals surface area contributed by atoms with E-state index in [1.807, 2.05) is 11.2 Å². The number of carbonyl (C=O) groups is 3. The molecule has 1 aromatic carbocycles. The molecule has 0 radical (unpaired) electrons. The highest BCUT2D eigenvalue weighted by molar-refractivity contribution is 7.98. The van der Waals surface area contributed by atoms with E-state index in [1.54, 1.807) is 11.8 Å². The molecular formula is C18H23N3O3S. The lowest BCUT2D eigenvalue weighted by molar-refractivity contribution is -0.133. The summed E-state index contributed by atoms with van der Waals surface area (Å²) in [6.07, 6.45) is 4.59. The number of rotatable bonds is 5. The number of aryl methyl sites for hydroxylation is 1. The number of likely N-dealkylation sites (tertiary alicyclic amines) is 1. The van der Waals surface area contributed by atoms with E-state index in [0.717, 1.165) is 6.42 Å². The number of amides is 4. The zero-order chi connectivity index (χ0) is 17.8. The first-order valence-electron chi connectivity index (χ1n) is 8.59. The van der Waals surface area contributed by atoms with Crippen LogP contribution in [0.4, 0.5) is 4.79 Å². The van der Waals surface area contributed by atoms with Crippen molar-refractivity contribution in [2.45, 2.75) is 36.6 Å². The summed E-state index contributed by atoms with van der Waals surface area (Å²) in [4.78, 5) is 40.3. The molecule has 1 N–H and O–H groups in total. The van der Waals surface area contributed by atoms with Crippen LogP contribution in [0.1, 0.15) is 24.8 Å². The average molecular weight is 361 g/mol. The topological polar surface area (TPSA) is 69.7 Å². The second-order valence-corrected chi connectivity index (χ2v) is 7.26. The molecule has 1 aromatic rings. The van der Waals surface area contributed by atoms with Gasteiger partial charge in [0.2, 0.25) is 11.8 Å². The molecule has 2 aliphatic heterocycles. The Morgan fingerprint density at radius 3 is 2.44 bits per heavy atom. The van der Waals surface area contributed by atoms with Crippen molar-refractivity contribution in [3.63, 3.8) is 0 Å². The number of hydrogen-bond acceptors (Lipinski definition) is 4. The first-order chi connectivity index (χ1) is 12.1. The van der Waals surface area contributed by atoms with Crippen LogP contribution in [0.2, 0.25) is 0 Å². The van der Waals surface area contributed by atoms with E-state index < -0.39 is 0 Å². The highest BCUT2D eigenvalue weighted by Gasteiger charge is 2.37. The van der Waals surface area contributed by atoms with Crippen molar-refractivity contribution in [3.05, 3.63) is 29.8 Å². The van der Waals surface area contributed by atoms with Crippen molar-refractivity contribution in [2.75, 3.05) is 25.9 Å². The van der Waals surface area contributed by atoms with Crippen LogP contribution in [0.25, 0.3) is 0 Å². The summed E-state index contributed by atoms with van der Waals surface area (Å²) in [5, 5.41) is 2.55. The summed E-state index contributed by atoms with van der Waals surface area (Å²) in [6, 6.07) is 7.91. The minimum Gasteiger partial charge on any atom is -0.343 e.